The molecule has 5 rings (SSSR count). The van der Waals surface area contributed by atoms with Gasteiger partial charge in [-0.15, -0.1) is 0 Å². The number of carbonyl (C=O) groups is 3. The molecule has 29 heteroatoms. The van der Waals surface area contributed by atoms with Gasteiger partial charge in [-0.05, 0) is 0 Å². The standard InChI is InChI=1S/C36H61N3O26/c1-9(45)37-17-23(51)29(16(8-44)60-33(17)64-30-19(39-11(3)47)32(56)57-13(5-41)21(30)49)63-36-27(55)31(22(50)14(6-42)59-36)65-34-18(38-10(2)46)24(52)28(15(7-43)61-34)62-35-26(54)25(53)20(48)12(4-40)58-35/h12-36,40-44,48-56H,4-8H2,1-3H3,(H,37,45)(H,38,46)(H,39,47)/t12-,13-,14-,15-,16-,17-,18-,19-,20+,21+,22+,23-,24-,25+,26-,27-,28-,29-,30-,31+,32-,33+,34+,35+,36+/m1/s1. The monoisotopic (exact) mass is 951 g/mol. The molecule has 17 N–H and O–H groups in total. The third-order valence-electron chi connectivity index (χ3n) is 11.5. The number of nitrogens with one attached hydrogen (secondary N) is 3. The molecule has 0 saturated carbocycles. The summed E-state index contributed by atoms with van der Waals surface area (Å²) < 4.78 is 51.4. The van der Waals surface area contributed by atoms with Crippen molar-refractivity contribution in [2.24, 2.45) is 0 Å². The second-order valence-electron chi connectivity index (χ2n) is 16.2. The molecule has 0 aromatic heterocycles. The average Bonchev–Trinajstić information content (AvgIpc) is 3.26. The van der Waals surface area contributed by atoms with Crippen molar-refractivity contribution < 1.29 is 129 Å². The maximum absolute atomic E-state index is 12.4. The molecule has 3 amide bonds. The summed E-state index contributed by atoms with van der Waals surface area (Å²) in [6, 6.07) is -4.88. The van der Waals surface area contributed by atoms with Crippen LogP contribution in [0, 0.1) is 0 Å². The fraction of sp³-hybridized carbons (Fsp3) is 0.917. The fourth-order valence-electron chi connectivity index (χ4n) is 8.24. The van der Waals surface area contributed by atoms with E-state index >= 15 is 0 Å². The van der Waals surface area contributed by atoms with Crippen molar-refractivity contribution in [1.29, 1.82) is 0 Å². The van der Waals surface area contributed by atoms with Gasteiger partial charge in [0.25, 0.3) is 0 Å². The van der Waals surface area contributed by atoms with Gasteiger partial charge < -0.3 is 130 Å². The van der Waals surface area contributed by atoms with Gasteiger partial charge in [-0.25, -0.2) is 0 Å². The summed E-state index contributed by atoms with van der Waals surface area (Å²) in [7, 11) is 0. The maximum Gasteiger partial charge on any atom is 0.217 e. The van der Waals surface area contributed by atoms with Crippen LogP contribution in [0.15, 0.2) is 0 Å². The highest BCUT2D eigenvalue weighted by Gasteiger charge is 2.57. The first-order valence-electron chi connectivity index (χ1n) is 20.6. The normalized spacial score (nSPS) is 47.1. The number of aliphatic hydroxyl groups is 14. The van der Waals surface area contributed by atoms with Crippen LogP contribution in [0.25, 0.3) is 0 Å². The Morgan fingerprint density at radius 2 is 0.708 bits per heavy atom. The molecule has 0 bridgehead atoms. The molecule has 29 nitrogen and oxygen atoms in total. The van der Waals surface area contributed by atoms with Gasteiger partial charge in [0.1, 0.15) is 122 Å². The van der Waals surface area contributed by atoms with Crippen LogP contribution in [-0.2, 0) is 57.0 Å². The summed E-state index contributed by atoms with van der Waals surface area (Å²) in [6.45, 7) is -1.45. The van der Waals surface area contributed by atoms with Gasteiger partial charge >= 0.3 is 0 Å². The van der Waals surface area contributed by atoms with Crippen LogP contribution in [0.1, 0.15) is 20.8 Å². The summed E-state index contributed by atoms with van der Waals surface area (Å²) in [5, 5.41) is 156. The molecular weight excluding hydrogens is 890 g/mol. The van der Waals surface area contributed by atoms with E-state index in [1.54, 1.807) is 0 Å². The highest BCUT2D eigenvalue weighted by Crippen LogP contribution is 2.36. The number of hydrogen-bond donors (Lipinski definition) is 17. The predicted molar refractivity (Wildman–Crippen MR) is 201 cm³/mol. The van der Waals surface area contributed by atoms with Crippen LogP contribution in [0.5, 0.6) is 0 Å². The number of ether oxygens (including phenoxy) is 9. The molecule has 0 spiro atoms. The van der Waals surface area contributed by atoms with Crippen LogP contribution < -0.4 is 16.0 Å². The lowest BCUT2D eigenvalue weighted by Crippen LogP contribution is -2.71. The zero-order valence-electron chi connectivity index (χ0n) is 35.1. The molecule has 0 radical (unpaired) electrons. The van der Waals surface area contributed by atoms with Gasteiger partial charge in [-0.1, -0.05) is 0 Å². The quantitative estimate of drug-likeness (QED) is 0.0683. The van der Waals surface area contributed by atoms with Gasteiger partial charge in [0.2, 0.25) is 17.7 Å². The van der Waals surface area contributed by atoms with Gasteiger partial charge in [0.15, 0.2) is 31.5 Å². The van der Waals surface area contributed by atoms with Gasteiger partial charge in [0.05, 0.1) is 33.0 Å². The van der Waals surface area contributed by atoms with Crippen molar-refractivity contribution in [1.82, 2.24) is 16.0 Å². The Balaban J connectivity index is 1.38. The Bertz CT molecular complexity index is 1560. The minimum absolute atomic E-state index is 0.708. The molecular formula is C36H61N3O26. The van der Waals surface area contributed by atoms with E-state index in [1.807, 2.05) is 0 Å². The van der Waals surface area contributed by atoms with E-state index in [1.165, 1.54) is 0 Å². The first-order chi connectivity index (χ1) is 30.7. The minimum atomic E-state index is -2.16. The van der Waals surface area contributed by atoms with Crippen LogP contribution in [0.3, 0.4) is 0 Å². The van der Waals surface area contributed by atoms with Crippen LogP contribution in [0.2, 0.25) is 0 Å². The van der Waals surface area contributed by atoms with Crippen LogP contribution >= 0.6 is 0 Å². The van der Waals surface area contributed by atoms with Crippen molar-refractivity contribution in [2.75, 3.05) is 33.0 Å². The van der Waals surface area contributed by atoms with Crippen molar-refractivity contribution in [3.8, 4) is 0 Å². The number of aliphatic hydroxyl groups excluding tert-OH is 14. The highest BCUT2D eigenvalue weighted by atomic mass is 16.8. The molecule has 376 valence electrons. The van der Waals surface area contributed by atoms with Crippen molar-refractivity contribution in [2.45, 2.75) is 174 Å². The summed E-state index contributed by atoms with van der Waals surface area (Å²) in [6.07, 6.45) is -39.9. The van der Waals surface area contributed by atoms with Crippen LogP contribution in [-0.4, -0.2) is 276 Å². The Morgan fingerprint density at radius 3 is 1.14 bits per heavy atom. The zero-order valence-corrected chi connectivity index (χ0v) is 35.1. The summed E-state index contributed by atoms with van der Waals surface area (Å²) in [4.78, 5) is 36.8. The van der Waals surface area contributed by atoms with Crippen molar-refractivity contribution in [3.63, 3.8) is 0 Å². The third kappa shape index (κ3) is 11.9. The smallest absolute Gasteiger partial charge is 0.217 e. The Hall–Kier alpha value is -2.51. The van der Waals surface area contributed by atoms with E-state index in [0.29, 0.717) is 0 Å². The third-order valence-corrected chi connectivity index (χ3v) is 11.5. The number of hydrogen-bond acceptors (Lipinski definition) is 26. The van der Waals surface area contributed by atoms with Crippen LogP contribution in [0.4, 0.5) is 0 Å². The molecule has 25 atom stereocenters. The Morgan fingerprint density at radius 1 is 0.369 bits per heavy atom. The van der Waals surface area contributed by atoms with E-state index in [4.69, 9.17) is 42.6 Å². The number of amides is 3. The summed E-state index contributed by atoms with van der Waals surface area (Å²) in [5.41, 5.74) is 0. The van der Waals surface area contributed by atoms with E-state index < -0.39 is 204 Å². The number of carbonyl (C=O) groups excluding carboxylic acids is 3. The molecule has 5 fully saturated rings. The summed E-state index contributed by atoms with van der Waals surface area (Å²) in [5.74, 6) is -2.30. The molecule has 65 heavy (non-hydrogen) atoms. The van der Waals surface area contributed by atoms with Gasteiger partial charge in [-0.2, -0.15) is 0 Å². The van der Waals surface area contributed by atoms with E-state index in [-0.39, 0.29) is 0 Å². The van der Waals surface area contributed by atoms with E-state index in [0.717, 1.165) is 20.8 Å². The molecule has 5 saturated heterocycles. The molecule has 0 aromatic rings. The lowest BCUT2D eigenvalue weighted by Gasteiger charge is -2.50. The topological polar surface area (TPSA) is 454 Å². The van der Waals surface area contributed by atoms with Crippen molar-refractivity contribution >= 4 is 17.7 Å². The molecule has 5 heterocycles. The Labute approximate surface area is 369 Å². The second kappa shape index (κ2) is 23.2. The summed E-state index contributed by atoms with van der Waals surface area (Å²) >= 11 is 0. The first kappa shape index (κ1) is 53.4. The highest BCUT2D eigenvalue weighted by molar-refractivity contribution is 5.74. The predicted octanol–water partition coefficient (Wildman–Crippen LogP) is -11.5. The molecule has 0 aromatic carbocycles. The molecule has 5 aliphatic rings. The van der Waals surface area contributed by atoms with Crippen molar-refractivity contribution in [3.05, 3.63) is 0 Å². The van der Waals surface area contributed by atoms with E-state index in [9.17, 15) is 85.9 Å². The average molecular weight is 952 g/mol. The molecule has 0 unspecified atom stereocenters. The minimum Gasteiger partial charge on any atom is -0.394 e. The second-order valence-corrected chi connectivity index (χ2v) is 16.2. The van der Waals surface area contributed by atoms with E-state index in [2.05, 4.69) is 16.0 Å². The fourth-order valence-corrected chi connectivity index (χ4v) is 8.24. The molecule has 0 aliphatic carbocycles. The lowest BCUT2D eigenvalue weighted by atomic mass is 9.93. The first-order valence-corrected chi connectivity index (χ1v) is 20.6. The maximum atomic E-state index is 12.4. The lowest BCUT2D eigenvalue weighted by molar-refractivity contribution is -0.380. The van der Waals surface area contributed by atoms with Gasteiger partial charge in [0, 0.05) is 20.8 Å². The Kier molecular flexibility index (Phi) is 19.1. The van der Waals surface area contributed by atoms with Gasteiger partial charge in [-0.3, -0.25) is 14.4 Å². The SMILES string of the molecule is CC(=O)N[C@@H]1[C@@H](O[C@@H]2O[C@H](CO)[C@@H](O[C@@H]3O[C@H](CO)[C@H](O)[C@H](O[C@@H]4O[C@H](CO)[C@@H](O[C@@H]5O[C@H](CO)[C@H](O)[C@H](O)[C@H]5O)[C@H](O)[C@H]4NC(C)=O)[C@H]3O)[C@H](O)[C@H]2NC(C)=O)[C@@H](O)[C@@H](CO)O[C@H]1O. The molecule has 5 aliphatic heterocycles. The number of rotatable bonds is 16. The largest absolute Gasteiger partial charge is 0.394 e. The zero-order chi connectivity index (χ0) is 48.2.